The minimum Gasteiger partial charge on any atom is -0.387 e. The summed E-state index contributed by atoms with van der Waals surface area (Å²) in [7, 11) is 0. The second-order valence-corrected chi connectivity index (χ2v) is 6.86. The molecule has 0 bridgehead atoms. The number of nitrogens with two attached hydrogens (primary N) is 1. The highest BCUT2D eigenvalue weighted by Gasteiger charge is 2.37. The van der Waals surface area contributed by atoms with Crippen molar-refractivity contribution in [3.05, 3.63) is 71.8 Å². The Kier molecular flexibility index (Phi) is 5.63. The molecule has 0 aliphatic carbocycles. The summed E-state index contributed by atoms with van der Waals surface area (Å²) in [5, 5.41) is 14.3. The van der Waals surface area contributed by atoms with E-state index in [-0.39, 0.29) is 6.04 Å². The molecule has 1 aliphatic heterocycles. The van der Waals surface area contributed by atoms with Crippen LogP contribution in [-0.4, -0.2) is 41.3 Å². The number of hydrogen-bond acceptors (Lipinski definition) is 4. The van der Waals surface area contributed by atoms with Crippen LogP contribution in [0.1, 0.15) is 17.5 Å². The van der Waals surface area contributed by atoms with E-state index in [2.05, 4.69) is 58.7 Å². The summed E-state index contributed by atoms with van der Waals surface area (Å²) in [6, 6.07) is 21.1. The Morgan fingerprint density at radius 2 is 1.54 bits per heavy atom. The molecule has 2 aromatic carbocycles. The lowest BCUT2D eigenvalue weighted by atomic mass is 9.98. The summed E-state index contributed by atoms with van der Waals surface area (Å²) >= 11 is 0. The van der Waals surface area contributed by atoms with Crippen LogP contribution < -0.4 is 11.1 Å². The van der Waals surface area contributed by atoms with Crippen molar-refractivity contribution in [3.63, 3.8) is 0 Å². The van der Waals surface area contributed by atoms with Crippen molar-refractivity contribution in [3.8, 4) is 0 Å². The molecule has 0 radical (unpaired) electrons. The van der Waals surface area contributed by atoms with Crippen molar-refractivity contribution in [1.29, 1.82) is 0 Å². The van der Waals surface area contributed by atoms with Crippen LogP contribution in [0.4, 0.5) is 0 Å². The van der Waals surface area contributed by atoms with Gasteiger partial charge < -0.3 is 16.2 Å². The number of rotatable bonds is 7. The fourth-order valence-corrected chi connectivity index (χ4v) is 3.49. The van der Waals surface area contributed by atoms with Crippen LogP contribution >= 0.6 is 0 Å². The first-order valence-electron chi connectivity index (χ1n) is 8.63. The molecule has 0 aromatic heterocycles. The normalized spacial score (nSPS) is 23.7. The number of nitrogens with one attached hydrogen (secondary N) is 1. The first-order chi connectivity index (χ1) is 11.7. The molecule has 1 fully saturated rings. The number of β-amino-alcohol motifs (C(OH)–C–C–N with tert-alkyl or cyclic N) is 1. The Morgan fingerprint density at radius 1 is 1.00 bits per heavy atom. The van der Waals surface area contributed by atoms with Crippen molar-refractivity contribution in [2.45, 2.75) is 31.2 Å². The zero-order valence-corrected chi connectivity index (χ0v) is 14.1. The predicted octanol–water partition coefficient (Wildman–Crippen LogP) is 1.74. The van der Waals surface area contributed by atoms with Crippen molar-refractivity contribution in [2.24, 2.45) is 5.73 Å². The first kappa shape index (κ1) is 17.1. The van der Waals surface area contributed by atoms with E-state index in [1.54, 1.807) is 0 Å². The van der Waals surface area contributed by atoms with E-state index >= 15 is 0 Å². The van der Waals surface area contributed by atoms with Gasteiger partial charge in [-0.25, -0.2) is 0 Å². The third kappa shape index (κ3) is 4.65. The van der Waals surface area contributed by atoms with E-state index in [1.807, 2.05) is 12.1 Å². The van der Waals surface area contributed by atoms with Crippen LogP contribution in [0.5, 0.6) is 0 Å². The fraction of sp³-hybridized carbons (Fsp3) is 0.400. The van der Waals surface area contributed by atoms with Crippen LogP contribution in [-0.2, 0) is 13.1 Å². The molecule has 128 valence electrons. The minimum atomic E-state index is -0.715. The number of nitrogens with zero attached hydrogens (tertiary/aromatic N) is 1. The zero-order chi connectivity index (χ0) is 16.8. The molecule has 3 rings (SSSR count). The van der Waals surface area contributed by atoms with Gasteiger partial charge in [-0.1, -0.05) is 60.7 Å². The molecule has 24 heavy (non-hydrogen) atoms. The maximum atomic E-state index is 11.0. The van der Waals surface area contributed by atoms with E-state index in [0.29, 0.717) is 26.1 Å². The van der Waals surface area contributed by atoms with Crippen molar-refractivity contribution in [1.82, 2.24) is 10.2 Å². The molecular formula is C20H27N3O. The van der Waals surface area contributed by atoms with Gasteiger partial charge in [-0.15, -0.1) is 0 Å². The van der Waals surface area contributed by atoms with Gasteiger partial charge >= 0.3 is 0 Å². The van der Waals surface area contributed by atoms with Crippen LogP contribution in [0, 0.1) is 0 Å². The standard InChI is InChI=1S/C20H27N3O/c21-12-19-11-20(24,15-22-19)16-23(13-17-7-3-1-4-8-17)14-18-9-5-2-6-10-18/h1-10,19,22,24H,11-16,21H2. The summed E-state index contributed by atoms with van der Waals surface area (Å²) in [5.41, 5.74) is 7.56. The predicted molar refractivity (Wildman–Crippen MR) is 97.4 cm³/mol. The molecule has 2 atom stereocenters. The highest BCUT2D eigenvalue weighted by Crippen LogP contribution is 2.22. The van der Waals surface area contributed by atoms with Crippen LogP contribution in [0.15, 0.2) is 60.7 Å². The van der Waals surface area contributed by atoms with Gasteiger partial charge in [-0.2, -0.15) is 0 Å². The topological polar surface area (TPSA) is 61.5 Å². The van der Waals surface area contributed by atoms with Gasteiger partial charge in [-0.3, -0.25) is 4.90 Å². The summed E-state index contributed by atoms with van der Waals surface area (Å²) < 4.78 is 0. The first-order valence-corrected chi connectivity index (χ1v) is 8.63. The Bertz CT molecular complexity index is 578. The van der Waals surface area contributed by atoms with Gasteiger partial charge in [0.15, 0.2) is 0 Å². The van der Waals surface area contributed by atoms with Gasteiger partial charge in [0.2, 0.25) is 0 Å². The number of aliphatic hydroxyl groups is 1. The molecule has 2 unspecified atom stereocenters. The average molecular weight is 325 g/mol. The smallest absolute Gasteiger partial charge is 0.0913 e. The molecule has 1 saturated heterocycles. The SMILES string of the molecule is NCC1CC(O)(CN(Cc2ccccc2)Cc2ccccc2)CN1. The second kappa shape index (κ2) is 7.90. The molecular weight excluding hydrogens is 298 g/mol. The molecule has 4 heteroatoms. The summed E-state index contributed by atoms with van der Waals surface area (Å²) in [4.78, 5) is 2.32. The van der Waals surface area contributed by atoms with Gasteiger partial charge in [-0.05, 0) is 17.5 Å². The van der Waals surface area contributed by atoms with E-state index in [1.165, 1.54) is 11.1 Å². The minimum absolute atomic E-state index is 0.213. The van der Waals surface area contributed by atoms with Crippen molar-refractivity contribution in [2.75, 3.05) is 19.6 Å². The highest BCUT2D eigenvalue weighted by atomic mass is 16.3. The maximum absolute atomic E-state index is 11.0. The van der Waals surface area contributed by atoms with Crippen molar-refractivity contribution >= 4 is 0 Å². The Hall–Kier alpha value is -1.72. The lowest BCUT2D eigenvalue weighted by Crippen LogP contribution is -2.44. The van der Waals surface area contributed by atoms with Gasteiger partial charge in [0.05, 0.1) is 5.60 Å². The van der Waals surface area contributed by atoms with E-state index < -0.39 is 5.60 Å². The van der Waals surface area contributed by atoms with E-state index in [0.717, 1.165) is 13.1 Å². The van der Waals surface area contributed by atoms with Gasteiger partial charge in [0.1, 0.15) is 0 Å². The monoisotopic (exact) mass is 325 g/mol. The lowest BCUT2D eigenvalue weighted by molar-refractivity contribution is 0.0138. The Labute approximate surface area is 144 Å². The van der Waals surface area contributed by atoms with Crippen LogP contribution in [0.2, 0.25) is 0 Å². The summed E-state index contributed by atoms with van der Waals surface area (Å²) in [5.74, 6) is 0. The largest absolute Gasteiger partial charge is 0.387 e. The van der Waals surface area contributed by atoms with Crippen LogP contribution in [0.25, 0.3) is 0 Å². The molecule has 4 N–H and O–H groups in total. The van der Waals surface area contributed by atoms with Crippen LogP contribution in [0.3, 0.4) is 0 Å². The third-order valence-electron chi connectivity index (χ3n) is 4.65. The summed E-state index contributed by atoms with van der Waals surface area (Å²) in [6.45, 7) is 3.46. The molecule has 2 aromatic rings. The zero-order valence-electron chi connectivity index (χ0n) is 14.1. The molecule has 0 amide bonds. The number of benzene rings is 2. The highest BCUT2D eigenvalue weighted by molar-refractivity contribution is 5.17. The number of hydrogen-bond donors (Lipinski definition) is 3. The van der Waals surface area contributed by atoms with E-state index in [9.17, 15) is 5.11 Å². The third-order valence-corrected chi connectivity index (χ3v) is 4.65. The molecule has 1 heterocycles. The van der Waals surface area contributed by atoms with E-state index in [4.69, 9.17) is 5.73 Å². The second-order valence-electron chi connectivity index (χ2n) is 6.86. The molecule has 1 aliphatic rings. The molecule has 0 spiro atoms. The van der Waals surface area contributed by atoms with Crippen molar-refractivity contribution < 1.29 is 5.11 Å². The lowest BCUT2D eigenvalue weighted by Gasteiger charge is -2.31. The summed E-state index contributed by atoms with van der Waals surface area (Å²) in [6.07, 6.45) is 0.712. The molecule has 0 saturated carbocycles. The Balaban J connectivity index is 1.72. The quantitative estimate of drug-likeness (QED) is 0.726. The van der Waals surface area contributed by atoms with Gasteiger partial charge in [0, 0.05) is 38.8 Å². The van der Waals surface area contributed by atoms with Gasteiger partial charge in [0.25, 0.3) is 0 Å². The Morgan fingerprint density at radius 3 is 2.00 bits per heavy atom. The molecule has 4 nitrogen and oxygen atoms in total. The fourth-order valence-electron chi connectivity index (χ4n) is 3.49. The average Bonchev–Trinajstić information content (AvgIpc) is 2.98. The maximum Gasteiger partial charge on any atom is 0.0913 e.